The lowest BCUT2D eigenvalue weighted by atomic mass is 9.92. The quantitative estimate of drug-likeness (QED) is 0.291. The van der Waals surface area contributed by atoms with Gasteiger partial charge in [-0.2, -0.15) is 13.2 Å². The maximum absolute atomic E-state index is 13.5. The van der Waals surface area contributed by atoms with E-state index in [1.165, 1.54) is 6.92 Å². The van der Waals surface area contributed by atoms with E-state index in [0.29, 0.717) is 0 Å². The Kier molecular flexibility index (Phi) is 6.85. The normalized spacial score (nSPS) is 13.6. The van der Waals surface area contributed by atoms with Crippen molar-refractivity contribution in [3.05, 3.63) is 57.6 Å². The summed E-state index contributed by atoms with van der Waals surface area (Å²) in [5, 5.41) is 30.8. The molecule has 2 aromatic carbocycles. The fourth-order valence-electron chi connectivity index (χ4n) is 2.54. The number of phenolic OH excluding ortho intramolecular Hbond substituents is 1. The summed E-state index contributed by atoms with van der Waals surface area (Å²) in [6.07, 6.45) is -4.34. The molecule has 2 N–H and O–H groups in total. The van der Waals surface area contributed by atoms with Crippen molar-refractivity contribution in [1.29, 1.82) is 0 Å². The highest BCUT2D eigenvalue weighted by Gasteiger charge is 2.62. The number of nitro groups is 1. The lowest BCUT2D eigenvalue weighted by molar-refractivity contribution is -0.384. The number of aliphatic imine (C=N–C) groups is 1. The Morgan fingerprint density at radius 2 is 1.94 bits per heavy atom. The number of aromatic hydroxyl groups is 1. The Morgan fingerprint density at radius 1 is 1.26 bits per heavy atom. The molecule has 0 aliphatic heterocycles. The summed E-state index contributed by atoms with van der Waals surface area (Å²) in [5.74, 6) is -2.47. The van der Waals surface area contributed by atoms with E-state index in [-0.39, 0.29) is 35.0 Å². The molecule has 9 nitrogen and oxygen atoms in total. The van der Waals surface area contributed by atoms with Crippen molar-refractivity contribution in [3.8, 4) is 11.5 Å². The number of nitrogens with zero attached hydrogens (tertiary/aromatic N) is 2. The first kappa shape index (κ1) is 23.6. The van der Waals surface area contributed by atoms with Crippen LogP contribution in [0.5, 0.6) is 11.5 Å². The molecule has 0 saturated heterocycles. The molecule has 0 aromatic heterocycles. The van der Waals surface area contributed by atoms with Crippen LogP contribution in [0.3, 0.4) is 0 Å². The number of esters is 1. The number of non-ortho nitro benzene ring substituents is 1. The van der Waals surface area contributed by atoms with Gasteiger partial charge >= 0.3 is 12.1 Å². The minimum Gasteiger partial charge on any atom is -0.507 e. The van der Waals surface area contributed by atoms with Gasteiger partial charge in [-0.3, -0.25) is 15.1 Å². The van der Waals surface area contributed by atoms with Crippen LogP contribution in [0, 0.1) is 10.1 Å². The molecule has 0 bridgehead atoms. The highest BCUT2D eigenvalue weighted by Crippen LogP contribution is 2.42. The van der Waals surface area contributed by atoms with Gasteiger partial charge in [0.2, 0.25) is 0 Å². The van der Waals surface area contributed by atoms with E-state index in [4.69, 9.17) is 4.74 Å². The van der Waals surface area contributed by atoms with Crippen molar-refractivity contribution >= 4 is 23.6 Å². The number of carbonyl (C=O) groups is 1. The number of ether oxygens (including phenoxy) is 2. The highest BCUT2D eigenvalue weighted by molar-refractivity contribution is 5.87. The van der Waals surface area contributed by atoms with Crippen LogP contribution in [-0.4, -0.2) is 47.2 Å². The summed E-state index contributed by atoms with van der Waals surface area (Å²) in [7, 11) is 1.12. The molecular formula is C19H17F3N2O7. The van der Waals surface area contributed by atoms with Gasteiger partial charge in [0, 0.05) is 29.5 Å². The number of hydrogen-bond donors (Lipinski definition) is 2. The van der Waals surface area contributed by atoms with Crippen LogP contribution in [-0.2, 0) is 15.1 Å². The van der Waals surface area contributed by atoms with Crippen molar-refractivity contribution in [2.45, 2.75) is 18.7 Å². The van der Waals surface area contributed by atoms with E-state index < -0.39 is 28.2 Å². The van der Waals surface area contributed by atoms with E-state index in [9.17, 15) is 38.3 Å². The van der Waals surface area contributed by atoms with Crippen molar-refractivity contribution < 1.29 is 42.6 Å². The summed E-state index contributed by atoms with van der Waals surface area (Å²) in [6, 6.07) is 5.83. The third-order valence-corrected chi connectivity index (χ3v) is 4.14. The summed E-state index contributed by atoms with van der Waals surface area (Å²) >= 11 is 0. The number of hydrogen-bond acceptors (Lipinski definition) is 8. The van der Waals surface area contributed by atoms with Gasteiger partial charge in [0.05, 0.1) is 18.6 Å². The lowest BCUT2D eigenvalue weighted by Crippen LogP contribution is -2.50. The number of aliphatic hydroxyl groups is 1. The predicted octanol–water partition coefficient (Wildman–Crippen LogP) is 3.37. The SMILES string of the molecule is CCOC(=O)C(O)(c1ccc(N=Cc2cc([N+](=O)[O-])ccc2O)c(OC)c1)C(F)(F)F. The van der Waals surface area contributed by atoms with Crippen molar-refractivity contribution in [2.24, 2.45) is 4.99 Å². The number of methoxy groups -OCH3 is 1. The molecule has 2 rings (SSSR count). The first-order chi connectivity index (χ1) is 14.4. The summed E-state index contributed by atoms with van der Waals surface area (Å²) in [6.45, 7) is 0.903. The maximum atomic E-state index is 13.5. The zero-order chi connectivity index (χ0) is 23.4. The van der Waals surface area contributed by atoms with Crippen molar-refractivity contribution in [2.75, 3.05) is 13.7 Å². The van der Waals surface area contributed by atoms with Gasteiger partial charge in [-0.15, -0.1) is 0 Å². The summed E-state index contributed by atoms with van der Waals surface area (Å²) < 4.78 is 49.9. The average molecular weight is 442 g/mol. The van der Waals surface area contributed by atoms with Crippen LogP contribution in [0.15, 0.2) is 41.4 Å². The minimum absolute atomic E-state index is 0.0290. The number of alkyl halides is 3. The van der Waals surface area contributed by atoms with Gasteiger partial charge in [0.15, 0.2) is 0 Å². The van der Waals surface area contributed by atoms with Crippen molar-refractivity contribution in [1.82, 2.24) is 0 Å². The van der Waals surface area contributed by atoms with Crippen LogP contribution >= 0.6 is 0 Å². The van der Waals surface area contributed by atoms with E-state index in [1.54, 1.807) is 0 Å². The van der Waals surface area contributed by atoms with Gasteiger partial charge in [-0.05, 0) is 25.1 Å². The molecule has 12 heteroatoms. The number of halogens is 3. The van der Waals surface area contributed by atoms with Gasteiger partial charge in [-0.1, -0.05) is 6.07 Å². The molecule has 0 saturated carbocycles. The fraction of sp³-hybridized carbons (Fsp3) is 0.263. The predicted molar refractivity (Wildman–Crippen MR) is 102 cm³/mol. The Labute approximate surface area is 173 Å². The highest BCUT2D eigenvalue weighted by atomic mass is 19.4. The van der Waals surface area contributed by atoms with E-state index in [1.807, 2.05) is 0 Å². The molecule has 1 unspecified atom stereocenters. The smallest absolute Gasteiger partial charge is 0.432 e. The monoisotopic (exact) mass is 442 g/mol. The zero-order valence-electron chi connectivity index (χ0n) is 16.2. The molecule has 0 radical (unpaired) electrons. The van der Waals surface area contributed by atoms with Crippen LogP contribution in [0.4, 0.5) is 24.5 Å². The molecule has 31 heavy (non-hydrogen) atoms. The topological polar surface area (TPSA) is 131 Å². The second kappa shape index (κ2) is 9.00. The molecule has 0 amide bonds. The third-order valence-electron chi connectivity index (χ3n) is 4.14. The molecule has 0 fully saturated rings. The van der Waals surface area contributed by atoms with Gasteiger partial charge in [0.25, 0.3) is 11.3 Å². The molecule has 0 aliphatic rings. The second-order valence-corrected chi connectivity index (χ2v) is 6.07. The van der Waals surface area contributed by atoms with Gasteiger partial charge in [-0.25, -0.2) is 4.79 Å². The summed E-state index contributed by atoms with van der Waals surface area (Å²) in [5.41, 5.74) is -5.17. The molecule has 166 valence electrons. The van der Waals surface area contributed by atoms with E-state index in [2.05, 4.69) is 9.73 Å². The van der Waals surface area contributed by atoms with Gasteiger partial charge in [0.1, 0.15) is 17.2 Å². The molecule has 0 heterocycles. The molecule has 2 aromatic rings. The Balaban J connectivity index is 2.50. The average Bonchev–Trinajstić information content (AvgIpc) is 2.71. The van der Waals surface area contributed by atoms with E-state index in [0.717, 1.165) is 49.7 Å². The van der Waals surface area contributed by atoms with Crippen LogP contribution in [0.25, 0.3) is 0 Å². The molecule has 0 spiro atoms. The largest absolute Gasteiger partial charge is 0.507 e. The fourth-order valence-corrected chi connectivity index (χ4v) is 2.54. The molecule has 1 atom stereocenters. The first-order valence-corrected chi connectivity index (χ1v) is 8.62. The first-order valence-electron chi connectivity index (χ1n) is 8.62. The molecule has 0 aliphatic carbocycles. The van der Waals surface area contributed by atoms with Crippen molar-refractivity contribution in [3.63, 3.8) is 0 Å². The Bertz CT molecular complexity index is 1020. The number of rotatable bonds is 7. The maximum Gasteiger partial charge on any atom is 0.432 e. The van der Waals surface area contributed by atoms with Crippen LogP contribution in [0.1, 0.15) is 18.1 Å². The summed E-state index contributed by atoms with van der Waals surface area (Å²) in [4.78, 5) is 26.0. The lowest BCUT2D eigenvalue weighted by Gasteiger charge is -2.28. The number of phenols is 1. The van der Waals surface area contributed by atoms with E-state index >= 15 is 0 Å². The second-order valence-electron chi connectivity index (χ2n) is 6.07. The standard InChI is InChI=1S/C19H17F3N2O7/c1-3-31-17(26)18(27,19(20,21)22)12-4-6-14(16(9-12)30-2)23-10-11-8-13(24(28)29)5-7-15(11)25/h4-10,25,27H,3H2,1-2H3. The third kappa shape index (κ3) is 4.74. The zero-order valence-corrected chi connectivity index (χ0v) is 16.2. The van der Waals surface area contributed by atoms with Gasteiger partial charge < -0.3 is 19.7 Å². The molecular weight excluding hydrogens is 425 g/mol. The number of benzene rings is 2. The van der Waals surface area contributed by atoms with Crippen LogP contribution in [0.2, 0.25) is 0 Å². The Morgan fingerprint density at radius 3 is 2.48 bits per heavy atom. The van der Waals surface area contributed by atoms with Crippen LogP contribution < -0.4 is 4.74 Å². The number of carbonyl (C=O) groups excluding carboxylic acids is 1. The Hall–Kier alpha value is -3.67. The number of nitro benzene ring substituents is 1. The minimum atomic E-state index is -5.39.